The van der Waals surface area contributed by atoms with Crippen molar-refractivity contribution in [1.29, 1.82) is 0 Å². The predicted octanol–water partition coefficient (Wildman–Crippen LogP) is 3.84. The lowest BCUT2D eigenvalue weighted by Crippen LogP contribution is -2.28. The summed E-state index contributed by atoms with van der Waals surface area (Å²) in [6.45, 7) is 0. The smallest absolute Gasteiger partial charge is 0.456 e. The minimum atomic E-state index is -5.93. The molecule has 0 spiro atoms. The fraction of sp³-hybridized carbons (Fsp3) is 0.200. The fourth-order valence-electron chi connectivity index (χ4n) is 2.33. The third kappa shape index (κ3) is 4.26. The summed E-state index contributed by atoms with van der Waals surface area (Å²) in [6.07, 6.45) is 0.100. The molecular weight excluding hydrogens is 470 g/mol. The van der Waals surface area contributed by atoms with E-state index in [4.69, 9.17) is 4.74 Å². The highest BCUT2D eigenvalue weighted by molar-refractivity contribution is 7.88. The van der Waals surface area contributed by atoms with Gasteiger partial charge in [-0.25, -0.2) is 0 Å². The minimum Gasteiger partial charge on any atom is -0.456 e. The van der Waals surface area contributed by atoms with Gasteiger partial charge < -0.3 is 13.1 Å². The minimum absolute atomic E-state index is 0.100. The van der Waals surface area contributed by atoms with Gasteiger partial charge in [0.1, 0.15) is 23.0 Å². The molecule has 3 rings (SSSR count). The summed E-state index contributed by atoms with van der Waals surface area (Å²) >= 11 is 0. The molecule has 0 radical (unpaired) electrons. The average Bonchev–Trinajstić information content (AvgIpc) is 2.57. The Kier molecular flexibility index (Phi) is 5.09. The Balaban J connectivity index is 1.87. The zero-order valence-electron chi connectivity index (χ0n) is 14.1. The molecule has 1 heterocycles. The quantitative estimate of drug-likeness (QED) is 0.319. The Bertz CT molecular complexity index is 1110. The number of fused-ring (bicyclic) bond motifs is 2. The van der Waals surface area contributed by atoms with Crippen molar-refractivity contribution < 1.29 is 56.3 Å². The van der Waals surface area contributed by atoms with Crippen LogP contribution in [0.3, 0.4) is 0 Å². The van der Waals surface area contributed by atoms with E-state index in [1.165, 1.54) is 12.1 Å². The molecule has 0 saturated carbocycles. The van der Waals surface area contributed by atoms with E-state index in [9.17, 15) is 43.2 Å². The molecule has 7 nitrogen and oxygen atoms in total. The molecule has 15 heteroatoms. The third-order valence-electron chi connectivity index (χ3n) is 3.66. The van der Waals surface area contributed by atoms with E-state index in [0.29, 0.717) is 11.1 Å². The molecule has 0 aliphatic carbocycles. The van der Waals surface area contributed by atoms with Gasteiger partial charge in [-0.05, 0) is 23.3 Å². The number of hydrogen-bond donors (Lipinski definition) is 0. The summed E-state index contributed by atoms with van der Waals surface area (Å²) in [7, 11) is -11.9. The zero-order valence-corrected chi connectivity index (χ0v) is 15.7. The van der Waals surface area contributed by atoms with Gasteiger partial charge in [-0.15, -0.1) is 0 Å². The first-order valence-electron chi connectivity index (χ1n) is 7.54. The lowest BCUT2D eigenvalue weighted by Gasteiger charge is -2.21. The van der Waals surface area contributed by atoms with E-state index in [1.54, 1.807) is 0 Å². The number of benzene rings is 2. The third-order valence-corrected chi connectivity index (χ3v) is 5.61. The van der Waals surface area contributed by atoms with Crippen LogP contribution in [-0.2, 0) is 26.7 Å². The summed E-state index contributed by atoms with van der Waals surface area (Å²) in [5, 5.41) is 0. The lowest BCUT2D eigenvalue weighted by molar-refractivity contribution is -0.0504. The van der Waals surface area contributed by atoms with Crippen molar-refractivity contribution in [3.05, 3.63) is 47.5 Å². The molecule has 0 saturated heterocycles. The van der Waals surface area contributed by atoms with Gasteiger partial charge in [-0.1, -0.05) is 12.1 Å². The van der Waals surface area contributed by atoms with Crippen molar-refractivity contribution in [3.8, 4) is 23.0 Å². The maximum atomic E-state index is 12.4. The summed E-state index contributed by atoms with van der Waals surface area (Å²) in [6, 6.07) is 6.06. The van der Waals surface area contributed by atoms with Crippen molar-refractivity contribution in [2.45, 2.75) is 17.4 Å². The molecule has 30 heavy (non-hydrogen) atoms. The molecule has 0 amide bonds. The van der Waals surface area contributed by atoms with Crippen LogP contribution in [0.15, 0.2) is 36.4 Å². The van der Waals surface area contributed by atoms with Gasteiger partial charge in [0.05, 0.1) is 0 Å². The van der Waals surface area contributed by atoms with E-state index in [1.807, 2.05) is 0 Å². The molecule has 0 bridgehead atoms. The highest BCUT2D eigenvalue weighted by Crippen LogP contribution is 2.41. The van der Waals surface area contributed by atoms with Crippen LogP contribution in [0.2, 0.25) is 0 Å². The molecule has 164 valence electrons. The molecule has 0 aromatic heterocycles. The first-order chi connectivity index (χ1) is 13.6. The van der Waals surface area contributed by atoms with Gasteiger partial charge in [-0.2, -0.15) is 43.2 Å². The molecule has 0 fully saturated rings. The number of hydrogen-bond acceptors (Lipinski definition) is 7. The lowest BCUT2D eigenvalue weighted by atomic mass is 10.0. The number of alkyl halides is 6. The van der Waals surface area contributed by atoms with Gasteiger partial charge in [0.25, 0.3) is 0 Å². The monoisotopic (exact) mass is 478 g/mol. The normalized spacial score (nSPS) is 14.3. The molecule has 1 aliphatic heterocycles. The van der Waals surface area contributed by atoms with Crippen LogP contribution in [0.25, 0.3) is 0 Å². The molecule has 0 N–H and O–H groups in total. The Hall–Kier alpha value is -2.68. The van der Waals surface area contributed by atoms with Crippen LogP contribution in [0.1, 0.15) is 11.1 Å². The van der Waals surface area contributed by atoms with E-state index in [2.05, 4.69) is 8.37 Å². The second-order valence-electron chi connectivity index (χ2n) is 5.78. The van der Waals surface area contributed by atoms with Gasteiger partial charge in [0, 0.05) is 18.6 Å². The van der Waals surface area contributed by atoms with Gasteiger partial charge in [0.15, 0.2) is 0 Å². The summed E-state index contributed by atoms with van der Waals surface area (Å²) in [5.41, 5.74) is -10.5. The van der Waals surface area contributed by atoms with Crippen molar-refractivity contribution in [2.24, 2.45) is 0 Å². The SMILES string of the molecule is O=S(=O)(Oc1ccc2c(c1)Oc1cc(OS(=O)(=O)C(F)(F)F)ccc1C2)C(F)(F)F. The van der Waals surface area contributed by atoms with Gasteiger partial charge in [0.2, 0.25) is 0 Å². The molecular formula is C15H8F6O7S2. The Morgan fingerprint density at radius 2 is 1.07 bits per heavy atom. The maximum Gasteiger partial charge on any atom is 0.534 e. The van der Waals surface area contributed by atoms with Crippen LogP contribution in [0.5, 0.6) is 23.0 Å². The highest BCUT2D eigenvalue weighted by atomic mass is 32.2. The predicted molar refractivity (Wildman–Crippen MR) is 87.0 cm³/mol. The average molecular weight is 478 g/mol. The van der Waals surface area contributed by atoms with Crippen LogP contribution < -0.4 is 13.1 Å². The topological polar surface area (TPSA) is 96.0 Å². The largest absolute Gasteiger partial charge is 0.534 e. The van der Waals surface area contributed by atoms with E-state index in [-0.39, 0.29) is 17.9 Å². The van der Waals surface area contributed by atoms with Crippen LogP contribution in [0, 0.1) is 0 Å². The Morgan fingerprint density at radius 1 is 0.700 bits per heavy atom. The van der Waals surface area contributed by atoms with Crippen molar-refractivity contribution in [3.63, 3.8) is 0 Å². The van der Waals surface area contributed by atoms with Crippen molar-refractivity contribution >= 4 is 20.2 Å². The summed E-state index contributed by atoms with van der Waals surface area (Å²) in [5.74, 6) is -1.73. The summed E-state index contributed by atoms with van der Waals surface area (Å²) in [4.78, 5) is 0. The second-order valence-corrected chi connectivity index (χ2v) is 8.86. The number of ether oxygens (including phenoxy) is 1. The zero-order chi connectivity index (χ0) is 22.5. The second kappa shape index (κ2) is 6.94. The van der Waals surface area contributed by atoms with Crippen LogP contribution >= 0.6 is 0 Å². The molecule has 2 aromatic rings. The van der Waals surface area contributed by atoms with Crippen LogP contribution in [0.4, 0.5) is 26.3 Å². The van der Waals surface area contributed by atoms with E-state index < -0.39 is 42.8 Å². The van der Waals surface area contributed by atoms with Crippen molar-refractivity contribution in [1.82, 2.24) is 0 Å². The van der Waals surface area contributed by atoms with Crippen LogP contribution in [-0.4, -0.2) is 27.9 Å². The molecule has 2 aromatic carbocycles. The van der Waals surface area contributed by atoms with Gasteiger partial charge in [-0.3, -0.25) is 0 Å². The molecule has 1 aliphatic rings. The first-order valence-corrected chi connectivity index (χ1v) is 10.4. The maximum absolute atomic E-state index is 12.4. The standard InChI is InChI=1S/C15H8F6O7S2/c16-14(17,18)29(22,23)27-10-3-1-8-5-9-2-4-11(7-13(9)26-12(8)6-10)28-30(24,25)15(19,20)21/h1-4,6-7H,5H2. The highest BCUT2D eigenvalue weighted by Gasteiger charge is 2.49. The fourth-order valence-corrected chi connectivity index (χ4v) is 3.23. The molecule has 0 atom stereocenters. The first kappa shape index (κ1) is 22.0. The Morgan fingerprint density at radius 3 is 1.40 bits per heavy atom. The number of rotatable bonds is 4. The number of halogens is 6. The van der Waals surface area contributed by atoms with Gasteiger partial charge >= 0.3 is 31.3 Å². The summed E-state index contributed by atoms with van der Waals surface area (Å²) < 4.78 is 132. The van der Waals surface area contributed by atoms with Crippen molar-refractivity contribution in [2.75, 3.05) is 0 Å². The van der Waals surface area contributed by atoms with E-state index in [0.717, 1.165) is 24.3 Å². The molecule has 0 unspecified atom stereocenters. The Labute approximate surface area is 165 Å². The van der Waals surface area contributed by atoms with E-state index >= 15 is 0 Å².